The number of urea groups is 1. The van der Waals surface area contributed by atoms with Crippen LogP contribution < -0.4 is 10.6 Å². The van der Waals surface area contributed by atoms with Gasteiger partial charge in [-0.15, -0.1) is 5.10 Å². The van der Waals surface area contributed by atoms with Crippen molar-refractivity contribution in [3.63, 3.8) is 0 Å². The van der Waals surface area contributed by atoms with Crippen LogP contribution >= 0.6 is 0 Å². The van der Waals surface area contributed by atoms with Gasteiger partial charge in [0.25, 0.3) is 0 Å². The maximum Gasteiger partial charge on any atom is 0.320 e. The molecule has 0 radical (unpaired) electrons. The quantitative estimate of drug-likeness (QED) is 0.860. The van der Waals surface area contributed by atoms with Gasteiger partial charge in [0.2, 0.25) is 0 Å². The molecule has 1 aliphatic carbocycles. The summed E-state index contributed by atoms with van der Waals surface area (Å²) in [6.07, 6.45) is 7.93. The molecule has 7 heteroatoms. The van der Waals surface area contributed by atoms with E-state index in [1.807, 2.05) is 0 Å². The Morgan fingerprint density at radius 3 is 2.95 bits per heavy atom. The van der Waals surface area contributed by atoms with Crippen molar-refractivity contribution in [1.29, 1.82) is 0 Å². The lowest BCUT2D eigenvalue weighted by atomic mass is 10.0. The van der Waals surface area contributed by atoms with Gasteiger partial charge in [-0.1, -0.05) is 11.6 Å². The van der Waals surface area contributed by atoms with Crippen LogP contribution in [0.4, 0.5) is 10.6 Å². The van der Waals surface area contributed by atoms with Crippen molar-refractivity contribution in [3.8, 4) is 0 Å². The number of carbonyl (C=O) groups is 1. The molecule has 1 saturated heterocycles. The van der Waals surface area contributed by atoms with E-state index in [2.05, 4.69) is 25.8 Å². The minimum atomic E-state index is -0.184. The lowest BCUT2D eigenvalue weighted by molar-refractivity contribution is 0.138. The molecular weight excluding hydrogens is 256 g/mol. The fourth-order valence-electron chi connectivity index (χ4n) is 2.90. The Morgan fingerprint density at radius 1 is 1.40 bits per heavy atom. The number of amides is 2. The van der Waals surface area contributed by atoms with Crippen LogP contribution in [0.2, 0.25) is 0 Å². The highest BCUT2D eigenvalue weighted by atomic mass is 16.2. The van der Waals surface area contributed by atoms with Gasteiger partial charge in [0, 0.05) is 25.7 Å². The number of aromatic nitrogens is 3. The Labute approximate surface area is 118 Å². The fourth-order valence-corrected chi connectivity index (χ4v) is 2.90. The molecule has 0 bridgehead atoms. The lowest BCUT2D eigenvalue weighted by Crippen LogP contribution is -2.48. The van der Waals surface area contributed by atoms with Crippen molar-refractivity contribution in [1.82, 2.24) is 25.2 Å². The normalized spacial score (nSPS) is 23.6. The summed E-state index contributed by atoms with van der Waals surface area (Å²) in [5.74, 6) is 0.602. The average Bonchev–Trinajstić information content (AvgIpc) is 3.22. The Kier molecular flexibility index (Phi) is 3.86. The van der Waals surface area contributed by atoms with Crippen LogP contribution in [-0.4, -0.2) is 51.1 Å². The topological polar surface area (TPSA) is 75.1 Å². The Bertz CT molecular complexity index is 469. The molecule has 110 valence electrons. The zero-order valence-electron chi connectivity index (χ0n) is 11.9. The number of piperidine rings is 1. The Hall–Kier alpha value is -1.63. The highest BCUT2D eigenvalue weighted by molar-refractivity contribution is 5.88. The van der Waals surface area contributed by atoms with Gasteiger partial charge in [-0.05, 0) is 32.2 Å². The number of aryl methyl sites for hydroxylation is 1. The number of rotatable bonds is 4. The summed E-state index contributed by atoms with van der Waals surface area (Å²) < 4.78 is 1.54. The predicted molar refractivity (Wildman–Crippen MR) is 75.4 cm³/mol. The number of carbonyl (C=O) groups excluding carboxylic acids is 1. The number of anilines is 1. The number of nitrogens with zero attached hydrogens (tertiary/aromatic N) is 4. The standard InChI is InChI=1S/C13H22N6O/c1-18-12(9-15-17-18)16-13(20)14-8-11-4-2-3-7-19(11)10-5-6-10/h9-11H,2-8H2,1H3,(H2,14,16,20). The molecule has 0 aromatic carbocycles. The highest BCUT2D eigenvalue weighted by Crippen LogP contribution is 2.32. The SMILES string of the molecule is Cn1nncc1NC(=O)NCC1CCCCN1C1CC1. The maximum atomic E-state index is 11.9. The molecule has 2 amide bonds. The van der Waals surface area contributed by atoms with E-state index < -0.39 is 0 Å². The second-order valence-electron chi connectivity index (χ2n) is 5.70. The molecule has 0 spiro atoms. The van der Waals surface area contributed by atoms with E-state index in [1.54, 1.807) is 7.05 Å². The first kappa shape index (κ1) is 13.4. The molecule has 1 aromatic heterocycles. The van der Waals surface area contributed by atoms with E-state index in [-0.39, 0.29) is 6.03 Å². The van der Waals surface area contributed by atoms with Crippen LogP contribution in [-0.2, 0) is 7.05 Å². The van der Waals surface area contributed by atoms with Crippen molar-refractivity contribution >= 4 is 11.8 Å². The van der Waals surface area contributed by atoms with Gasteiger partial charge in [-0.2, -0.15) is 0 Å². The minimum absolute atomic E-state index is 0.184. The molecule has 2 fully saturated rings. The molecule has 7 nitrogen and oxygen atoms in total. The second kappa shape index (κ2) is 5.78. The summed E-state index contributed by atoms with van der Waals surface area (Å²) in [5.41, 5.74) is 0. The van der Waals surface area contributed by atoms with E-state index in [1.165, 1.54) is 49.5 Å². The Morgan fingerprint density at radius 2 is 2.25 bits per heavy atom. The van der Waals surface area contributed by atoms with E-state index in [4.69, 9.17) is 0 Å². The predicted octanol–water partition coefficient (Wildman–Crippen LogP) is 0.953. The number of nitrogens with one attached hydrogen (secondary N) is 2. The fraction of sp³-hybridized carbons (Fsp3) is 0.769. The summed E-state index contributed by atoms with van der Waals surface area (Å²) in [6, 6.07) is 1.08. The molecule has 1 saturated carbocycles. The van der Waals surface area contributed by atoms with E-state index >= 15 is 0 Å². The van der Waals surface area contributed by atoms with Gasteiger partial charge in [0.1, 0.15) is 0 Å². The molecular formula is C13H22N6O. The van der Waals surface area contributed by atoms with Gasteiger partial charge < -0.3 is 5.32 Å². The van der Waals surface area contributed by atoms with Crippen LogP contribution in [0.15, 0.2) is 6.20 Å². The third-order valence-electron chi connectivity index (χ3n) is 4.14. The zero-order valence-corrected chi connectivity index (χ0v) is 11.9. The molecule has 2 aliphatic rings. The Balaban J connectivity index is 1.48. The summed E-state index contributed by atoms with van der Waals surface area (Å²) in [6.45, 7) is 1.90. The largest absolute Gasteiger partial charge is 0.336 e. The van der Waals surface area contributed by atoms with Crippen molar-refractivity contribution in [2.45, 2.75) is 44.2 Å². The minimum Gasteiger partial charge on any atom is -0.336 e. The third kappa shape index (κ3) is 3.09. The average molecular weight is 278 g/mol. The monoisotopic (exact) mass is 278 g/mol. The molecule has 2 heterocycles. The molecule has 3 rings (SSSR count). The van der Waals surface area contributed by atoms with Gasteiger partial charge >= 0.3 is 6.03 Å². The van der Waals surface area contributed by atoms with Crippen molar-refractivity contribution in [2.75, 3.05) is 18.4 Å². The van der Waals surface area contributed by atoms with Crippen LogP contribution in [0.5, 0.6) is 0 Å². The molecule has 1 aliphatic heterocycles. The van der Waals surface area contributed by atoms with Crippen molar-refractivity contribution < 1.29 is 4.79 Å². The number of hydrogen-bond donors (Lipinski definition) is 2. The first-order chi connectivity index (χ1) is 9.74. The van der Waals surface area contributed by atoms with Crippen LogP contribution in [0.25, 0.3) is 0 Å². The van der Waals surface area contributed by atoms with Gasteiger partial charge in [0.05, 0.1) is 6.20 Å². The van der Waals surface area contributed by atoms with Crippen molar-refractivity contribution in [3.05, 3.63) is 6.20 Å². The number of hydrogen-bond acceptors (Lipinski definition) is 4. The van der Waals surface area contributed by atoms with E-state index in [0.717, 1.165) is 6.04 Å². The summed E-state index contributed by atoms with van der Waals surface area (Å²) in [7, 11) is 1.75. The first-order valence-electron chi connectivity index (χ1n) is 7.39. The first-order valence-corrected chi connectivity index (χ1v) is 7.39. The molecule has 1 unspecified atom stereocenters. The molecule has 20 heavy (non-hydrogen) atoms. The molecule has 1 atom stereocenters. The maximum absolute atomic E-state index is 11.9. The molecule has 2 N–H and O–H groups in total. The van der Waals surface area contributed by atoms with E-state index in [9.17, 15) is 4.79 Å². The summed E-state index contributed by atoms with van der Waals surface area (Å²) in [4.78, 5) is 14.5. The van der Waals surface area contributed by atoms with E-state index in [0.29, 0.717) is 18.4 Å². The highest BCUT2D eigenvalue weighted by Gasteiger charge is 2.35. The third-order valence-corrected chi connectivity index (χ3v) is 4.14. The van der Waals surface area contributed by atoms with Crippen molar-refractivity contribution in [2.24, 2.45) is 7.05 Å². The summed E-state index contributed by atoms with van der Waals surface area (Å²) in [5, 5.41) is 13.2. The van der Waals surface area contributed by atoms with Crippen LogP contribution in [0.1, 0.15) is 32.1 Å². The zero-order chi connectivity index (χ0) is 13.9. The smallest absolute Gasteiger partial charge is 0.320 e. The van der Waals surface area contributed by atoms with Crippen LogP contribution in [0, 0.1) is 0 Å². The summed E-state index contributed by atoms with van der Waals surface area (Å²) >= 11 is 0. The van der Waals surface area contributed by atoms with Gasteiger partial charge in [-0.3, -0.25) is 10.2 Å². The second-order valence-corrected chi connectivity index (χ2v) is 5.70. The van der Waals surface area contributed by atoms with Gasteiger partial charge in [-0.25, -0.2) is 9.48 Å². The number of likely N-dealkylation sites (tertiary alicyclic amines) is 1. The lowest BCUT2D eigenvalue weighted by Gasteiger charge is -2.35. The molecule has 1 aromatic rings. The van der Waals surface area contributed by atoms with Gasteiger partial charge in [0.15, 0.2) is 5.82 Å². The van der Waals surface area contributed by atoms with Crippen LogP contribution in [0.3, 0.4) is 0 Å².